The van der Waals surface area contributed by atoms with Crippen LogP contribution in [0, 0.1) is 5.92 Å². The van der Waals surface area contributed by atoms with Crippen molar-refractivity contribution in [3.63, 3.8) is 0 Å². The number of nitrogens with zero attached hydrogens (tertiary/aromatic N) is 5. The number of pyridine rings is 1. The zero-order valence-electron chi connectivity index (χ0n) is 16.2. The van der Waals surface area contributed by atoms with E-state index in [4.69, 9.17) is 9.97 Å². The van der Waals surface area contributed by atoms with Gasteiger partial charge in [0.1, 0.15) is 0 Å². The van der Waals surface area contributed by atoms with Crippen molar-refractivity contribution in [1.82, 2.24) is 24.6 Å². The van der Waals surface area contributed by atoms with Crippen LogP contribution >= 0.6 is 0 Å². The predicted molar refractivity (Wildman–Crippen MR) is 108 cm³/mol. The van der Waals surface area contributed by atoms with Gasteiger partial charge in [0.05, 0.1) is 6.20 Å². The van der Waals surface area contributed by atoms with E-state index in [1.807, 2.05) is 24.5 Å². The number of aromatic nitrogens is 5. The fraction of sp³-hybridized carbons (Fsp3) is 0.500. The van der Waals surface area contributed by atoms with Crippen molar-refractivity contribution >= 4 is 17.5 Å². The first-order chi connectivity index (χ1) is 13.8. The molecule has 148 valence electrons. The van der Waals surface area contributed by atoms with Crippen molar-refractivity contribution in [1.29, 1.82) is 0 Å². The van der Waals surface area contributed by atoms with E-state index in [1.165, 1.54) is 6.42 Å². The number of aliphatic hydroxyl groups excluding tert-OH is 1. The van der Waals surface area contributed by atoms with Gasteiger partial charge in [-0.15, -0.1) is 0 Å². The fourth-order valence-corrected chi connectivity index (χ4v) is 3.82. The summed E-state index contributed by atoms with van der Waals surface area (Å²) >= 11 is 0. The van der Waals surface area contributed by atoms with Crippen molar-refractivity contribution in [3.05, 3.63) is 41.9 Å². The third kappa shape index (κ3) is 3.91. The van der Waals surface area contributed by atoms with Gasteiger partial charge in [-0.05, 0) is 30.9 Å². The molecule has 3 heterocycles. The minimum Gasteiger partial charge on any atom is -0.396 e. The molecule has 3 aromatic rings. The van der Waals surface area contributed by atoms with Crippen molar-refractivity contribution in [2.45, 2.75) is 51.6 Å². The van der Waals surface area contributed by atoms with Gasteiger partial charge in [0.25, 0.3) is 0 Å². The lowest BCUT2D eigenvalue weighted by Crippen LogP contribution is -2.35. The summed E-state index contributed by atoms with van der Waals surface area (Å²) in [6.07, 6.45) is 10.7. The van der Waals surface area contributed by atoms with Crippen LogP contribution in [-0.4, -0.2) is 42.3 Å². The third-order valence-electron chi connectivity index (χ3n) is 5.45. The van der Waals surface area contributed by atoms with Crippen molar-refractivity contribution in [3.8, 4) is 0 Å². The second kappa shape index (κ2) is 8.52. The Balaban J connectivity index is 1.62. The van der Waals surface area contributed by atoms with Gasteiger partial charge in [0, 0.05) is 43.1 Å². The molecule has 4 rings (SSSR count). The van der Waals surface area contributed by atoms with Gasteiger partial charge >= 0.3 is 0 Å². The van der Waals surface area contributed by atoms with Gasteiger partial charge < -0.3 is 15.7 Å². The van der Waals surface area contributed by atoms with Gasteiger partial charge in [0.15, 0.2) is 5.65 Å². The van der Waals surface area contributed by atoms with Crippen LogP contribution in [0.2, 0.25) is 0 Å². The second-order valence-electron chi connectivity index (χ2n) is 7.32. The normalized spacial score (nSPS) is 19.6. The highest BCUT2D eigenvalue weighted by Gasteiger charge is 2.25. The van der Waals surface area contributed by atoms with E-state index in [0.717, 1.165) is 42.5 Å². The van der Waals surface area contributed by atoms with Crippen LogP contribution in [0.4, 0.5) is 11.9 Å². The van der Waals surface area contributed by atoms with Crippen LogP contribution < -0.4 is 10.6 Å². The molecule has 1 aliphatic carbocycles. The monoisotopic (exact) mass is 381 g/mol. The SMILES string of the molecule is CCc1cnn2c(NCc3cccnc3)nc(N[C@H]3CCCC[C@H]3CO)nc12. The van der Waals surface area contributed by atoms with Crippen LogP contribution in [0.5, 0.6) is 0 Å². The highest BCUT2D eigenvalue weighted by Crippen LogP contribution is 2.27. The molecule has 1 aliphatic rings. The van der Waals surface area contributed by atoms with Gasteiger partial charge in [-0.3, -0.25) is 4.98 Å². The first-order valence-corrected chi connectivity index (χ1v) is 10.0. The van der Waals surface area contributed by atoms with Crippen LogP contribution in [-0.2, 0) is 13.0 Å². The van der Waals surface area contributed by atoms with E-state index in [9.17, 15) is 5.11 Å². The molecule has 1 saturated carbocycles. The molecule has 0 spiro atoms. The van der Waals surface area contributed by atoms with E-state index in [2.05, 4.69) is 27.6 Å². The fourth-order valence-electron chi connectivity index (χ4n) is 3.82. The third-order valence-corrected chi connectivity index (χ3v) is 5.45. The van der Waals surface area contributed by atoms with Gasteiger partial charge in [0.2, 0.25) is 11.9 Å². The van der Waals surface area contributed by atoms with Gasteiger partial charge in [-0.1, -0.05) is 25.8 Å². The maximum atomic E-state index is 9.71. The summed E-state index contributed by atoms with van der Waals surface area (Å²) in [4.78, 5) is 13.6. The molecular formula is C20H27N7O. The largest absolute Gasteiger partial charge is 0.396 e. The Morgan fingerprint density at radius 1 is 1.21 bits per heavy atom. The summed E-state index contributed by atoms with van der Waals surface area (Å²) in [5.74, 6) is 1.48. The Morgan fingerprint density at radius 3 is 2.89 bits per heavy atom. The molecule has 0 amide bonds. The molecule has 8 nitrogen and oxygen atoms in total. The van der Waals surface area contributed by atoms with E-state index in [-0.39, 0.29) is 18.6 Å². The second-order valence-corrected chi connectivity index (χ2v) is 7.32. The molecule has 0 saturated heterocycles. The zero-order valence-corrected chi connectivity index (χ0v) is 16.2. The molecule has 0 unspecified atom stereocenters. The molecular weight excluding hydrogens is 354 g/mol. The summed E-state index contributed by atoms with van der Waals surface area (Å²) < 4.78 is 1.75. The van der Waals surface area contributed by atoms with Crippen LogP contribution in [0.3, 0.4) is 0 Å². The summed E-state index contributed by atoms with van der Waals surface area (Å²) in [6, 6.07) is 4.13. The zero-order chi connectivity index (χ0) is 19.3. The van der Waals surface area contributed by atoms with Crippen LogP contribution in [0.25, 0.3) is 5.65 Å². The van der Waals surface area contributed by atoms with Gasteiger partial charge in [-0.25, -0.2) is 0 Å². The average molecular weight is 381 g/mol. The summed E-state index contributed by atoms with van der Waals surface area (Å²) in [5, 5.41) is 21.0. The molecule has 1 fully saturated rings. The number of hydrogen-bond donors (Lipinski definition) is 3. The van der Waals surface area contributed by atoms with E-state index in [1.54, 1.807) is 10.7 Å². The number of fused-ring (bicyclic) bond motifs is 1. The summed E-state index contributed by atoms with van der Waals surface area (Å²) in [6.45, 7) is 2.89. The van der Waals surface area contributed by atoms with Crippen molar-refractivity contribution in [2.24, 2.45) is 5.92 Å². The minimum atomic E-state index is 0.193. The summed E-state index contributed by atoms with van der Waals surface area (Å²) in [7, 11) is 0. The maximum Gasteiger partial charge on any atom is 0.229 e. The number of anilines is 2. The molecule has 2 atom stereocenters. The number of rotatable bonds is 7. The molecule has 3 N–H and O–H groups in total. The highest BCUT2D eigenvalue weighted by molar-refractivity contribution is 5.54. The molecule has 0 aliphatic heterocycles. The Hall–Kier alpha value is -2.74. The Kier molecular flexibility index (Phi) is 5.66. The van der Waals surface area contributed by atoms with Gasteiger partial charge in [-0.2, -0.15) is 19.6 Å². The Labute approximate surface area is 164 Å². The topological polar surface area (TPSA) is 100 Å². The van der Waals surface area contributed by atoms with E-state index < -0.39 is 0 Å². The van der Waals surface area contributed by atoms with Crippen LogP contribution in [0.15, 0.2) is 30.7 Å². The molecule has 0 aromatic carbocycles. The van der Waals surface area contributed by atoms with E-state index in [0.29, 0.717) is 18.4 Å². The standard InChI is InChI=1S/C20H27N7O/c1-2-15-12-23-27-18(15)25-19(24-17-8-4-3-7-16(17)13-28)26-20(27)22-11-14-6-5-9-21-10-14/h5-6,9-10,12,16-17,28H,2-4,7-8,11,13H2,1H3,(H2,22,24,25,26)/t16-,17-/m0/s1. The number of nitrogens with one attached hydrogen (secondary N) is 2. The van der Waals surface area contributed by atoms with Crippen LogP contribution in [0.1, 0.15) is 43.7 Å². The lowest BCUT2D eigenvalue weighted by Gasteiger charge is -2.30. The smallest absolute Gasteiger partial charge is 0.229 e. The quantitative estimate of drug-likeness (QED) is 0.578. The first kappa shape index (κ1) is 18.6. The van der Waals surface area contributed by atoms with Crippen molar-refractivity contribution < 1.29 is 5.11 Å². The average Bonchev–Trinajstić information content (AvgIpc) is 3.16. The number of hydrogen-bond acceptors (Lipinski definition) is 7. The molecule has 0 bridgehead atoms. The summed E-state index contributed by atoms with van der Waals surface area (Å²) in [5.41, 5.74) is 2.96. The first-order valence-electron chi connectivity index (χ1n) is 10.0. The number of aliphatic hydroxyl groups is 1. The maximum absolute atomic E-state index is 9.71. The lowest BCUT2D eigenvalue weighted by molar-refractivity contribution is 0.178. The molecule has 3 aromatic heterocycles. The van der Waals surface area contributed by atoms with Crippen molar-refractivity contribution in [2.75, 3.05) is 17.2 Å². The minimum absolute atomic E-state index is 0.193. The molecule has 8 heteroatoms. The predicted octanol–water partition coefficient (Wildman–Crippen LogP) is 2.66. The Morgan fingerprint density at radius 2 is 2.11 bits per heavy atom. The molecule has 0 radical (unpaired) electrons. The molecule has 28 heavy (non-hydrogen) atoms. The lowest BCUT2D eigenvalue weighted by atomic mass is 9.85. The highest BCUT2D eigenvalue weighted by atomic mass is 16.3. The van der Waals surface area contributed by atoms with E-state index >= 15 is 0 Å². The Bertz CT molecular complexity index is 912. The number of aryl methyl sites for hydroxylation is 1.